The maximum atomic E-state index is 15.0. The van der Waals surface area contributed by atoms with Crippen LogP contribution in [-0.2, 0) is 19.8 Å². The number of carbonyl (C=O) groups excluding carboxylic acids is 3. The van der Waals surface area contributed by atoms with Gasteiger partial charge in [-0.1, -0.05) is 36.4 Å². The van der Waals surface area contributed by atoms with E-state index in [4.69, 9.17) is 0 Å². The van der Waals surface area contributed by atoms with Gasteiger partial charge < -0.3 is 14.7 Å². The number of hydrogen-bond donors (Lipinski definition) is 0. The van der Waals surface area contributed by atoms with Gasteiger partial charge in [-0.15, -0.1) is 0 Å². The van der Waals surface area contributed by atoms with Crippen molar-refractivity contribution in [3.8, 4) is 0 Å². The third-order valence-electron chi connectivity index (χ3n) is 7.11. The molecule has 4 rings (SSSR count). The highest BCUT2D eigenvalue weighted by molar-refractivity contribution is 6.10. The number of benzene rings is 2. The van der Waals surface area contributed by atoms with Crippen LogP contribution in [0.1, 0.15) is 24.0 Å². The summed E-state index contributed by atoms with van der Waals surface area (Å²) < 4.78 is 15.0. The minimum Gasteiger partial charge on any atom is -0.368 e. The number of para-hydroxylation sites is 1. The molecule has 0 N–H and O–H groups in total. The average molecular weight is 481 g/mol. The molecule has 0 radical (unpaired) electrons. The van der Waals surface area contributed by atoms with Crippen LogP contribution in [0.15, 0.2) is 48.5 Å². The first-order chi connectivity index (χ1) is 16.7. The van der Waals surface area contributed by atoms with Crippen LogP contribution in [0.3, 0.4) is 0 Å². The van der Waals surface area contributed by atoms with Crippen LogP contribution < -0.4 is 4.90 Å². The van der Waals surface area contributed by atoms with E-state index in [0.29, 0.717) is 32.7 Å². The monoisotopic (exact) mass is 480 g/mol. The van der Waals surface area contributed by atoms with Crippen molar-refractivity contribution >= 4 is 23.4 Å². The lowest BCUT2D eigenvalue weighted by atomic mass is 9.75. The topological polar surface area (TPSA) is 64.2 Å². The molecule has 2 saturated heterocycles. The summed E-state index contributed by atoms with van der Waals surface area (Å²) in [5.74, 6) is -1.65. The van der Waals surface area contributed by atoms with Gasteiger partial charge in [0.05, 0.1) is 5.41 Å². The molecule has 2 aliphatic heterocycles. The van der Waals surface area contributed by atoms with Gasteiger partial charge in [-0.3, -0.25) is 19.3 Å². The van der Waals surface area contributed by atoms with Crippen LogP contribution in [0.2, 0.25) is 0 Å². The average Bonchev–Trinajstić information content (AvgIpc) is 3.07. The lowest BCUT2D eigenvalue weighted by Crippen LogP contribution is -2.51. The van der Waals surface area contributed by atoms with E-state index in [1.54, 1.807) is 17.0 Å². The van der Waals surface area contributed by atoms with E-state index in [1.165, 1.54) is 22.6 Å². The second-order valence-corrected chi connectivity index (χ2v) is 9.72. The maximum absolute atomic E-state index is 15.0. The predicted molar refractivity (Wildman–Crippen MR) is 133 cm³/mol. The molecule has 7 nitrogen and oxygen atoms in total. The summed E-state index contributed by atoms with van der Waals surface area (Å²) in [6.07, 6.45) is -0.420. The van der Waals surface area contributed by atoms with Crippen molar-refractivity contribution in [3.05, 3.63) is 65.5 Å². The fraction of sp³-hybridized carbons (Fsp3) is 0.444. The number of halogens is 1. The minimum atomic E-state index is -1.51. The highest BCUT2D eigenvalue weighted by Crippen LogP contribution is 2.41. The Hall–Kier alpha value is -3.26. The first-order valence-corrected chi connectivity index (χ1v) is 12.1. The van der Waals surface area contributed by atoms with Gasteiger partial charge in [-0.25, -0.2) is 4.39 Å². The van der Waals surface area contributed by atoms with Crippen molar-refractivity contribution < 1.29 is 18.8 Å². The summed E-state index contributed by atoms with van der Waals surface area (Å²) in [5.41, 5.74) is 0.936. The molecule has 8 heteroatoms. The second kappa shape index (κ2) is 10.2. The third kappa shape index (κ3) is 4.93. The molecule has 0 aromatic heterocycles. The number of piperazine rings is 1. The van der Waals surface area contributed by atoms with Gasteiger partial charge in [-0.05, 0) is 38.7 Å². The van der Waals surface area contributed by atoms with E-state index in [1.807, 2.05) is 31.1 Å². The van der Waals surface area contributed by atoms with Gasteiger partial charge in [-0.2, -0.15) is 0 Å². The Morgan fingerprint density at radius 3 is 2.31 bits per heavy atom. The highest BCUT2D eigenvalue weighted by Gasteiger charge is 2.55. The summed E-state index contributed by atoms with van der Waals surface area (Å²) in [4.78, 5) is 47.1. The predicted octanol–water partition coefficient (Wildman–Crippen LogP) is 2.43. The molecule has 35 heavy (non-hydrogen) atoms. The lowest BCUT2D eigenvalue weighted by molar-refractivity contribution is -0.143. The van der Waals surface area contributed by atoms with Crippen LogP contribution in [0.4, 0.5) is 10.1 Å². The molecule has 2 aliphatic rings. The van der Waals surface area contributed by atoms with Crippen molar-refractivity contribution in [2.24, 2.45) is 0 Å². The SMILES string of the molecule is Cc1ccccc1N1CCN(C(=O)C[C@]2(c3ccccc3F)CC(=O)N(CCN(C)C)C2=O)CC1. The van der Waals surface area contributed by atoms with E-state index in [-0.39, 0.29) is 36.8 Å². The quantitative estimate of drug-likeness (QED) is 0.570. The van der Waals surface area contributed by atoms with E-state index >= 15 is 0 Å². The number of rotatable bonds is 7. The number of imide groups is 1. The molecule has 2 fully saturated rings. The maximum Gasteiger partial charge on any atom is 0.241 e. The molecule has 0 aliphatic carbocycles. The first kappa shape index (κ1) is 24.9. The van der Waals surface area contributed by atoms with Gasteiger partial charge in [0.2, 0.25) is 17.7 Å². The van der Waals surface area contributed by atoms with Gasteiger partial charge >= 0.3 is 0 Å². The highest BCUT2D eigenvalue weighted by atomic mass is 19.1. The van der Waals surface area contributed by atoms with E-state index < -0.39 is 17.1 Å². The van der Waals surface area contributed by atoms with Crippen molar-refractivity contribution in [2.75, 3.05) is 58.3 Å². The van der Waals surface area contributed by atoms with E-state index in [9.17, 15) is 18.8 Å². The fourth-order valence-electron chi connectivity index (χ4n) is 5.11. The van der Waals surface area contributed by atoms with Crippen molar-refractivity contribution in [3.63, 3.8) is 0 Å². The van der Waals surface area contributed by atoms with Crippen LogP contribution in [0.5, 0.6) is 0 Å². The lowest BCUT2D eigenvalue weighted by Gasteiger charge is -2.38. The zero-order chi connectivity index (χ0) is 25.2. The molecule has 2 aromatic carbocycles. The molecule has 0 bridgehead atoms. The summed E-state index contributed by atoms with van der Waals surface area (Å²) in [5, 5.41) is 0. The number of anilines is 1. The van der Waals surface area contributed by atoms with Crippen LogP contribution in [0, 0.1) is 12.7 Å². The zero-order valence-electron chi connectivity index (χ0n) is 20.7. The molecule has 186 valence electrons. The summed E-state index contributed by atoms with van der Waals surface area (Å²) in [6.45, 7) is 5.13. The smallest absolute Gasteiger partial charge is 0.241 e. The Bertz CT molecular complexity index is 1110. The largest absolute Gasteiger partial charge is 0.368 e. The van der Waals surface area contributed by atoms with Gasteiger partial charge in [0.25, 0.3) is 0 Å². The number of carbonyl (C=O) groups is 3. The molecule has 0 unspecified atom stereocenters. The van der Waals surface area contributed by atoms with Crippen molar-refractivity contribution in [1.82, 2.24) is 14.7 Å². The van der Waals surface area contributed by atoms with Crippen LogP contribution >= 0.6 is 0 Å². The summed E-state index contributed by atoms with van der Waals surface area (Å²) in [6, 6.07) is 14.1. The number of aryl methyl sites for hydroxylation is 1. The molecule has 2 heterocycles. The zero-order valence-corrected chi connectivity index (χ0v) is 20.7. The number of hydrogen-bond acceptors (Lipinski definition) is 5. The number of likely N-dealkylation sites (N-methyl/N-ethyl adjacent to an activating group) is 1. The Balaban J connectivity index is 1.54. The molecular weight excluding hydrogens is 447 g/mol. The van der Waals surface area contributed by atoms with E-state index in [2.05, 4.69) is 24.0 Å². The Kier molecular flexibility index (Phi) is 7.21. The molecule has 0 saturated carbocycles. The summed E-state index contributed by atoms with van der Waals surface area (Å²) in [7, 11) is 3.71. The van der Waals surface area contributed by atoms with Gasteiger partial charge in [0.15, 0.2) is 0 Å². The van der Waals surface area contributed by atoms with Gasteiger partial charge in [0.1, 0.15) is 5.82 Å². The number of amides is 3. The third-order valence-corrected chi connectivity index (χ3v) is 7.11. The molecular formula is C27H33FN4O3. The van der Waals surface area contributed by atoms with Crippen molar-refractivity contribution in [2.45, 2.75) is 25.2 Å². The van der Waals surface area contributed by atoms with Crippen molar-refractivity contribution in [1.29, 1.82) is 0 Å². The first-order valence-electron chi connectivity index (χ1n) is 12.1. The summed E-state index contributed by atoms with van der Waals surface area (Å²) >= 11 is 0. The minimum absolute atomic E-state index is 0.123. The molecule has 1 atom stereocenters. The molecule has 0 spiro atoms. The van der Waals surface area contributed by atoms with E-state index in [0.717, 1.165) is 5.69 Å². The molecule has 2 aromatic rings. The van der Waals surface area contributed by atoms with Gasteiger partial charge in [0, 0.05) is 63.4 Å². The second-order valence-electron chi connectivity index (χ2n) is 9.72. The molecule has 3 amide bonds. The fourth-order valence-corrected chi connectivity index (χ4v) is 5.11. The normalized spacial score (nSPS) is 20.8. The standard InChI is InChI=1S/C27H33FN4O3/c1-20-8-4-7-11-23(20)30-13-15-31(16-14-30)24(33)18-27(21-9-5-6-10-22(21)28)19-25(34)32(26(27)35)17-12-29(2)3/h4-11H,12-19H2,1-3H3/t27-/m1/s1. The Morgan fingerprint density at radius 2 is 1.66 bits per heavy atom. The Morgan fingerprint density at radius 1 is 1.00 bits per heavy atom. The van der Waals surface area contributed by atoms with Crippen LogP contribution in [-0.4, -0.2) is 85.8 Å². The number of likely N-dealkylation sites (tertiary alicyclic amines) is 1. The van der Waals surface area contributed by atoms with Crippen LogP contribution in [0.25, 0.3) is 0 Å². The number of nitrogens with zero attached hydrogens (tertiary/aromatic N) is 4. The Labute approximate surface area is 206 Å².